The molecule has 1 aromatic heterocycles. The van der Waals surface area contributed by atoms with Crippen LogP contribution in [0.15, 0.2) is 28.9 Å². The summed E-state index contributed by atoms with van der Waals surface area (Å²) >= 11 is 8.23. The Labute approximate surface area is 123 Å². The van der Waals surface area contributed by atoms with Gasteiger partial charge >= 0.3 is 0 Å². The zero-order chi connectivity index (χ0) is 14.0. The number of nitrogens with two attached hydrogens (primary N) is 1. The van der Waals surface area contributed by atoms with Crippen LogP contribution in [0, 0.1) is 6.92 Å². The lowest BCUT2D eigenvalue weighted by Crippen LogP contribution is -2.17. The molecule has 0 unspecified atom stereocenters. The van der Waals surface area contributed by atoms with Gasteiger partial charge in [0.25, 0.3) is 5.91 Å². The van der Waals surface area contributed by atoms with Gasteiger partial charge in [0.05, 0.1) is 11.8 Å². The van der Waals surface area contributed by atoms with Crippen LogP contribution in [0.5, 0.6) is 0 Å². The molecule has 7 heteroatoms. The van der Waals surface area contributed by atoms with Gasteiger partial charge in [-0.15, -0.1) is 0 Å². The van der Waals surface area contributed by atoms with E-state index in [0.717, 1.165) is 10.0 Å². The zero-order valence-electron chi connectivity index (χ0n) is 10.0. The van der Waals surface area contributed by atoms with Crippen molar-refractivity contribution >= 4 is 44.9 Å². The number of amides is 1. The van der Waals surface area contributed by atoms with Crippen LogP contribution in [0.1, 0.15) is 21.5 Å². The van der Waals surface area contributed by atoms with Crippen LogP contribution >= 0.6 is 28.1 Å². The summed E-state index contributed by atoms with van der Waals surface area (Å²) in [6, 6.07) is 5.45. The van der Waals surface area contributed by atoms with E-state index < -0.39 is 0 Å². The number of halogens is 1. The van der Waals surface area contributed by atoms with E-state index in [-0.39, 0.29) is 10.9 Å². The van der Waals surface area contributed by atoms with Gasteiger partial charge in [-0.05, 0) is 30.7 Å². The lowest BCUT2D eigenvalue weighted by molar-refractivity contribution is 0.102. The van der Waals surface area contributed by atoms with E-state index in [2.05, 4.69) is 31.4 Å². The summed E-state index contributed by atoms with van der Waals surface area (Å²) in [5.41, 5.74) is 7.57. The molecule has 98 valence electrons. The Morgan fingerprint density at radius 2 is 2.21 bits per heavy atom. The van der Waals surface area contributed by atoms with Crippen molar-refractivity contribution < 1.29 is 4.79 Å². The molecule has 0 bridgehead atoms. The predicted molar refractivity (Wildman–Crippen MR) is 81.3 cm³/mol. The second-order valence-electron chi connectivity index (χ2n) is 3.99. The number of benzene rings is 1. The molecule has 2 aromatic rings. The van der Waals surface area contributed by atoms with Crippen molar-refractivity contribution in [1.29, 1.82) is 0 Å². The predicted octanol–water partition coefficient (Wildman–Crippen LogP) is 2.37. The van der Waals surface area contributed by atoms with E-state index in [9.17, 15) is 4.79 Å². The largest absolute Gasteiger partial charge is 0.389 e. The molecule has 4 N–H and O–H groups in total. The fourth-order valence-electron chi connectivity index (χ4n) is 1.62. The van der Waals surface area contributed by atoms with Gasteiger partial charge in [-0.2, -0.15) is 5.10 Å². The van der Waals surface area contributed by atoms with Gasteiger partial charge in [0, 0.05) is 10.0 Å². The summed E-state index contributed by atoms with van der Waals surface area (Å²) in [6.07, 6.45) is 1.48. The number of hydrogen-bond donors (Lipinski definition) is 3. The minimum Gasteiger partial charge on any atom is -0.389 e. The molecule has 0 radical (unpaired) electrons. The van der Waals surface area contributed by atoms with Crippen LogP contribution in [0.4, 0.5) is 5.82 Å². The lowest BCUT2D eigenvalue weighted by atomic mass is 10.1. The average molecular weight is 339 g/mol. The standard InChI is InChI=1S/C12H11BrN4OS/c1-6-2-7(4-8(13)3-6)12(18)16-11-9(10(14)19)5-15-17-11/h2-5H,1H3,(H2,14,19)(H2,15,16,17,18). The molecule has 0 saturated heterocycles. The summed E-state index contributed by atoms with van der Waals surface area (Å²) in [4.78, 5) is 12.3. The van der Waals surface area contributed by atoms with Crippen molar-refractivity contribution in [2.45, 2.75) is 6.92 Å². The number of carbonyl (C=O) groups excluding carboxylic acids is 1. The molecule has 1 amide bonds. The number of carbonyl (C=O) groups is 1. The van der Waals surface area contributed by atoms with Crippen LogP contribution in [0.25, 0.3) is 0 Å². The van der Waals surface area contributed by atoms with Gasteiger partial charge in [0.15, 0.2) is 0 Å². The van der Waals surface area contributed by atoms with E-state index in [0.29, 0.717) is 16.9 Å². The van der Waals surface area contributed by atoms with Gasteiger partial charge < -0.3 is 11.1 Å². The van der Waals surface area contributed by atoms with Crippen LogP contribution in [0.2, 0.25) is 0 Å². The number of nitrogens with one attached hydrogen (secondary N) is 2. The van der Waals surface area contributed by atoms with E-state index in [1.54, 1.807) is 12.1 Å². The molecule has 0 fully saturated rings. The first-order valence-corrected chi connectivity index (χ1v) is 6.59. The summed E-state index contributed by atoms with van der Waals surface area (Å²) in [5.74, 6) is 0.140. The van der Waals surface area contributed by atoms with Crippen molar-refractivity contribution in [2.75, 3.05) is 5.32 Å². The number of H-pyrrole nitrogens is 1. The summed E-state index contributed by atoms with van der Waals surface area (Å²) in [7, 11) is 0. The molecular weight excluding hydrogens is 328 g/mol. The maximum Gasteiger partial charge on any atom is 0.256 e. The molecule has 2 rings (SSSR count). The third kappa shape index (κ3) is 3.18. The molecule has 0 atom stereocenters. The molecule has 0 saturated carbocycles. The van der Waals surface area contributed by atoms with Gasteiger partial charge in [-0.3, -0.25) is 9.89 Å². The van der Waals surface area contributed by atoms with E-state index in [1.165, 1.54) is 6.20 Å². The first kappa shape index (κ1) is 13.7. The molecule has 0 aliphatic carbocycles. The van der Waals surface area contributed by atoms with Crippen molar-refractivity contribution in [1.82, 2.24) is 10.2 Å². The summed E-state index contributed by atoms with van der Waals surface area (Å²) < 4.78 is 0.844. The maximum atomic E-state index is 12.1. The highest BCUT2D eigenvalue weighted by molar-refractivity contribution is 9.10. The zero-order valence-corrected chi connectivity index (χ0v) is 12.4. The topological polar surface area (TPSA) is 83.8 Å². The minimum absolute atomic E-state index is 0.175. The molecule has 1 heterocycles. The molecule has 0 spiro atoms. The fourth-order valence-corrected chi connectivity index (χ4v) is 2.38. The van der Waals surface area contributed by atoms with Gasteiger partial charge in [0.1, 0.15) is 10.8 Å². The Kier molecular flexibility index (Phi) is 3.96. The SMILES string of the molecule is Cc1cc(Br)cc(C(=O)Nc2[nH]ncc2C(N)=S)c1. The number of rotatable bonds is 3. The van der Waals surface area contributed by atoms with Crippen molar-refractivity contribution in [2.24, 2.45) is 5.73 Å². The molecule has 1 aromatic carbocycles. The second kappa shape index (κ2) is 5.50. The van der Waals surface area contributed by atoms with E-state index in [4.69, 9.17) is 18.0 Å². The molecule has 0 aliphatic heterocycles. The van der Waals surface area contributed by atoms with E-state index in [1.807, 2.05) is 13.0 Å². The van der Waals surface area contributed by atoms with Crippen LogP contribution in [-0.2, 0) is 0 Å². The highest BCUT2D eigenvalue weighted by atomic mass is 79.9. The summed E-state index contributed by atoms with van der Waals surface area (Å²) in [6.45, 7) is 1.91. The Bertz CT molecular complexity index is 633. The number of aryl methyl sites for hydroxylation is 1. The van der Waals surface area contributed by atoms with Crippen molar-refractivity contribution in [3.05, 3.63) is 45.6 Å². The van der Waals surface area contributed by atoms with Gasteiger partial charge in [0.2, 0.25) is 0 Å². The molecule has 19 heavy (non-hydrogen) atoms. The normalized spacial score (nSPS) is 10.2. The highest BCUT2D eigenvalue weighted by Gasteiger charge is 2.13. The number of thiocarbonyl (C=S) groups is 1. The first-order chi connectivity index (χ1) is 8.97. The summed E-state index contributed by atoms with van der Waals surface area (Å²) in [5, 5.41) is 9.16. The van der Waals surface area contributed by atoms with Crippen molar-refractivity contribution in [3.63, 3.8) is 0 Å². The lowest BCUT2D eigenvalue weighted by Gasteiger charge is -2.06. The highest BCUT2D eigenvalue weighted by Crippen LogP contribution is 2.17. The minimum atomic E-state index is -0.258. The fraction of sp³-hybridized carbons (Fsp3) is 0.0833. The molecule has 5 nitrogen and oxygen atoms in total. The smallest absolute Gasteiger partial charge is 0.256 e. The van der Waals surface area contributed by atoms with Crippen LogP contribution in [0.3, 0.4) is 0 Å². The van der Waals surface area contributed by atoms with Gasteiger partial charge in [-0.1, -0.05) is 28.1 Å². The number of nitrogens with zero attached hydrogens (tertiary/aromatic N) is 1. The Balaban J connectivity index is 2.25. The number of aromatic nitrogens is 2. The average Bonchev–Trinajstić information content (AvgIpc) is 2.75. The third-order valence-corrected chi connectivity index (χ3v) is 3.13. The van der Waals surface area contributed by atoms with Crippen LogP contribution in [-0.4, -0.2) is 21.1 Å². The van der Waals surface area contributed by atoms with E-state index >= 15 is 0 Å². The Hall–Kier alpha value is -1.73. The number of hydrogen-bond acceptors (Lipinski definition) is 3. The number of aromatic amines is 1. The second-order valence-corrected chi connectivity index (χ2v) is 5.35. The quantitative estimate of drug-likeness (QED) is 0.750. The number of anilines is 1. The first-order valence-electron chi connectivity index (χ1n) is 5.39. The van der Waals surface area contributed by atoms with Crippen LogP contribution < -0.4 is 11.1 Å². The van der Waals surface area contributed by atoms with Gasteiger partial charge in [-0.25, -0.2) is 0 Å². The third-order valence-electron chi connectivity index (χ3n) is 2.45. The Morgan fingerprint density at radius 1 is 1.47 bits per heavy atom. The monoisotopic (exact) mass is 338 g/mol. The maximum absolute atomic E-state index is 12.1. The Morgan fingerprint density at radius 3 is 2.84 bits per heavy atom. The molecule has 0 aliphatic rings. The molecular formula is C12H11BrN4OS. The van der Waals surface area contributed by atoms with Crippen molar-refractivity contribution in [3.8, 4) is 0 Å².